The fourth-order valence-corrected chi connectivity index (χ4v) is 2.90. The molecule has 9 heteroatoms. The van der Waals surface area contributed by atoms with E-state index >= 15 is 0 Å². The topological polar surface area (TPSA) is 84.1 Å². The Hall–Kier alpha value is -2.22. The molecule has 0 saturated heterocycles. The minimum absolute atomic E-state index is 0.0222. The molecule has 0 fully saturated rings. The molecule has 2 aromatic heterocycles. The normalized spacial score (nSPS) is 10.8. The fraction of sp³-hybridized carbons (Fsp3) is 0.167. The largest absolute Gasteiger partial charge is 0.340 e. The number of thiazole rings is 1. The maximum absolute atomic E-state index is 14.1. The summed E-state index contributed by atoms with van der Waals surface area (Å²) in [5.74, 6) is 0.189. The van der Waals surface area contributed by atoms with Crippen LogP contribution in [0.3, 0.4) is 0 Å². The van der Waals surface area contributed by atoms with Crippen LogP contribution in [-0.2, 0) is 6.42 Å². The lowest BCUT2D eigenvalue weighted by Crippen LogP contribution is -1.97. The summed E-state index contributed by atoms with van der Waals surface area (Å²) in [4.78, 5) is 21.7. The zero-order chi connectivity index (χ0) is 15.0. The predicted octanol–water partition coefficient (Wildman–Crippen LogP) is 2.75. The van der Waals surface area contributed by atoms with Crippen molar-refractivity contribution in [2.75, 3.05) is 0 Å². The van der Waals surface area contributed by atoms with Gasteiger partial charge >= 0.3 is 4.87 Å². The van der Waals surface area contributed by atoms with E-state index in [1.807, 2.05) is 0 Å². The number of aromatic amines is 1. The summed E-state index contributed by atoms with van der Waals surface area (Å²) in [6.07, 6.45) is 0.161. The minimum Gasteiger partial charge on any atom is -0.340 e. The number of isothiocyanates is 1. The van der Waals surface area contributed by atoms with Crippen LogP contribution < -0.4 is 4.87 Å². The molecule has 21 heavy (non-hydrogen) atoms. The SMILES string of the molecule is Cc1nc(Cc2c(N=C=S)c(F)cc3sc(=O)[nH]c23)no1. The van der Waals surface area contributed by atoms with E-state index in [-0.39, 0.29) is 17.0 Å². The summed E-state index contributed by atoms with van der Waals surface area (Å²) >= 11 is 5.47. The highest BCUT2D eigenvalue weighted by atomic mass is 32.1. The van der Waals surface area contributed by atoms with Crippen LogP contribution in [0.4, 0.5) is 10.1 Å². The highest BCUT2D eigenvalue weighted by molar-refractivity contribution is 7.78. The zero-order valence-electron chi connectivity index (χ0n) is 10.6. The molecule has 0 aliphatic heterocycles. The summed E-state index contributed by atoms with van der Waals surface area (Å²) in [6.45, 7) is 1.65. The molecule has 3 aromatic rings. The first kappa shape index (κ1) is 13.7. The molecule has 3 rings (SSSR count). The molecular weight excluding hydrogens is 315 g/mol. The van der Waals surface area contributed by atoms with Gasteiger partial charge in [-0.25, -0.2) is 4.39 Å². The molecule has 1 N–H and O–H groups in total. The summed E-state index contributed by atoms with van der Waals surface area (Å²) in [7, 11) is 0. The maximum atomic E-state index is 14.1. The third-order valence-electron chi connectivity index (χ3n) is 2.81. The standard InChI is InChI=1S/C12H7FN4O2S2/c1-5-15-9(17-19-5)2-6-10(14-4-20)7(13)3-8-11(6)16-12(18)21-8/h3H,2H2,1H3,(H,16,18). The highest BCUT2D eigenvalue weighted by Crippen LogP contribution is 2.32. The fourth-order valence-electron chi connectivity index (χ4n) is 2.02. The van der Waals surface area contributed by atoms with Crippen molar-refractivity contribution >= 4 is 44.6 Å². The number of aromatic nitrogens is 3. The van der Waals surface area contributed by atoms with Crippen LogP contribution in [0.5, 0.6) is 0 Å². The van der Waals surface area contributed by atoms with Crippen LogP contribution in [0.1, 0.15) is 17.3 Å². The summed E-state index contributed by atoms with van der Waals surface area (Å²) in [5, 5.41) is 5.91. The Morgan fingerprint density at radius 3 is 3.10 bits per heavy atom. The van der Waals surface area contributed by atoms with Gasteiger partial charge in [-0.15, -0.1) is 0 Å². The third kappa shape index (κ3) is 2.54. The second-order valence-electron chi connectivity index (χ2n) is 4.18. The van der Waals surface area contributed by atoms with Crippen molar-refractivity contribution in [1.29, 1.82) is 0 Å². The molecule has 0 unspecified atom stereocenters. The Labute approximate surface area is 126 Å². The molecule has 0 saturated carbocycles. The molecular formula is C12H7FN4O2S2. The molecule has 0 amide bonds. The number of thiocarbonyl (C=S) groups is 1. The Morgan fingerprint density at radius 2 is 2.43 bits per heavy atom. The predicted molar refractivity (Wildman–Crippen MR) is 78.9 cm³/mol. The summed E-state index contributed by atoms with van der Waals surface area (Å²) in [5.41, 5.74) is 0.966. The number of hydrogen-bond acceptors (Lipinski definition) is 7. The summed E-state index contributed by atoms with van der Waals surface area (Å²) < 4.78 is 19.5. The van der Waals surface area contributed by atoms with Gasteiger partial charge in [0.05, 0.1) is 15.4 Å². The number of fused-ring (bicyclic) bond motifs is 1. The number of nitrogens with one attached hydrogen (secondary N) is 1. The van der Waals surface area contributed by atoms with E-state index in [0.29, 0.717) is 27.5 Å². The average molecular weight is 322 g/mol. The van der Waals surface area contributed by atoms with E-state index in [0.717, 1.165) is 11.3 Å². The number of rotatable bonds is 3. The van der Waals surface area contributed by atoms with Crippen LogP contribution in [0.25, 0.3) is 10.2 Å². The van der Waals surface area contributed by atoms with E-state index in [1.165, 1.54) is 6.07 Å². The highest BCUT2D eigenvalue weighted by Gasteiger charge is 2.18. The third-order valence-corrected chi connectivity index (χ3v) is 3.73. The second-order valence-corrected chi connectivity index (χ2v) is 5.38. The van der Waals surface area contributed by atoms with Gasteiger partial charge in [0.15, 0.2) is 11.6 Å². The van der Waals surface area contributed by atoms with Crippen molar-refractivity contribution < 1.29 is 8.91 Å². The van der Waals surface area contributed by atoms with Gasteiger partial charge in [0.1, 0.15) is 5.69 Å². The van der Waals surface area contributed by atoms with Crippen LogP contribution >= 0.6 is 23.6 Å². The van der Waals surface area contributed by atoms with E-state index in [9.17, 15) is 9.18 Å². The Bertz CT molecular complexity index is 937. The lowest BCUT2D eigenvalue weighted by molar-refractivity contribution is 0.388. The number of benzene rings is 1. The van der Waals surface area contributed by atoms with Crippen molar-refractivity contribution in [2.45, 2.75) is 13.3 Å². The Kier molecular flexibility index (Phi) is 3.46. The van der Waals surface area contributed by atoms with Gasteiger partial charge in [-0.1, -0.05) is 16.5 Å². The Morgan fingerprint density at radius 1 is 1.62 bits per heavy atom. The van der Waals surface area contributed by atoms with Crippen LogP contribution in [-0.4, -0.2) is 20.3 Å². The van der Waals surface area contributed by atoms with Gasteiger partial charge in [0.25, 0.3) is 0 Å². The van der Waals surface area contributed by atoms with E-state index < -0.39 is 5.82 Å². The number of halogens is 1. The van der Waals surface area contributed by atoms with Crippen molar-refractivity contribution in [2.24, 2.45) is 4.99 Å². The van der Waals surface area contributed by atoms with E-state index in [1.54, 1.807) is 6.92 Å². The molecule has 106 valence electrons. The minimum atomic E-state index is -0.578. The second kappa shape index (κ2) is 5.28. The first-order chi connectivity index (χ1) is 10.1. The van der Waals surface area contributed by atoms with Gasteiger partial charge < -0.3 is 9.51 Å². The first-order valence-corrected chi connectivity index (χ1v) is 7.02. The molecule has 2 heterocycles. The number of nitrogens with zero attached hydrogens (tertiary/aromatic N) is 3. The van der Waals surface area contributed by atoms with Gasteiger partial charge in [-0.2, -0.15) is 9.98 Å². The quantitative estimate of drug-likeness (QED) is 0.592. The van der Waals surface area contributed by atoms with Crippen LogP contribution in [0.2, 0.25) is 0 Å². The first-order valence-electron chi connectivity index (χ1n) is 5.79. The molecule has 0 spiro atoms. The smallest absolute Gasteiger partial charge is 0.305 e. The zero-order valence-corrected chi connectivity index (χ0v) is 12.3. The molecule has 0 bridgehead atoms. The lowest BCUT2D eigenvalue weighted by Gasteiger charge is -2.05. The Balaban J connectivity index is 2.27. The molecule has 0 radical (unpaired) electrons. The molecule has 1 aromatic carbocycles. The van der Waals surface area contributed by atoms with Crippen molar-refractivity contribution in [3.63, 3.8) is 0 Å². The van der Waals surface area contributed by atoms with Crippen molar-refractivity contribution in [3.05, 3.63) is 38.8 Å². The van der Waals surface area contributed by atoms with Gasteiger partial charge in [-0.05, 0) is 18.3 Å². The number of aliphatic imine (C=N–C) groups is 1. The van der Waals surface area contributed by atoms with E-state index in [2.05, 4.69) is 37.5 Å². The molecule has 0 atom stereocenters. The lowest BCUT2D eigenvalue weighted by atomic mass is 10.1. The summed E-state index contributed by atoms with van der Waals surface area (Å²) in [6, 6.07) is 1.24. The monoisotopic (exact) mass is 322 g/mol. The average Bonchev–Trinajstić information content (AvgIpc) is 2.99. The number of aryl methyl sites for hydroxylation is 1. The number of H-pyrrole nitrogens is 1. The van der Waals surface area contributed by atoms with E-state index in [4.69, 9.17) is 4.52 Å². The van der Waals surface area contributed by atoms with Crippen LogP contribution in [0.15, 0.2) is 20.4 Å². The van der Waals surface area contributed by atoms with Gasteiger partial charge in [-0.3, -0.25) is 4.79 Å². The van der Waals surface area contributed by atoms with Crippen molar-refractivity contribution in [3.8, 4) is 0 Å². The van der Waals surface area contributed by atoms with Crippen molar-refractivity contribution in [1.82, 2.24) is 15.1 Å². The number of hydrogen-bond donors (Lipinski definition) is 1. The van der Waals surface area contributed by atoms with Gasteiger partial charge in [0, 0.05) is 18.9 Å². The molecule has 0 aliphatic carbocycles. The van der Waals surface area contributed by atoms with Gasteiger partial charge in [0.2, 0.25) is 5.89 Å². The maximum Gasteiger partial charge on any atom is 0.305 e. The van der Waals surface area contributed by atoms with Crippen LogP contribution in [0, 0.1) is 12.7 Å². The molecule has 6 nitrogen and oxygen atoms in total. The molecule has 0 aliphatic rings.